The Bertz CT molecular complexity index is 886. The van der Waals surface area contributed by atoms with Gasteiger partial charge in [-0.25, -0.2) is 14.5 Å². The lowest BCUT2D eigenvalue weighted by Gasteiger charge is -2.32. The molecular weight excluding hydrogens is 404 g/mol. The maximum atomic E-state index is 13.5. The van der Waals surface area contributed by atoms with Gasteiger partial charge in [0, 0.05) is 24.4 Å². The van der Waals surface area contributed by atoms with Gasteiger partial charge in [0.15, 0.2) is 11.6 Å². The summed E-state index contributed by atoms with van der Waals surface area (Å²) >= 11 is 5.94. The fourth-order valence-corrected chi connectivity index (χ4v) is 3.94. The zero-order chi connectivity index (χ0) is 21.8. The number of nitrogens with zero attached hydrogens (tertiary/aromatic N) is 4. The molecule has 0 bridgehead atoms. The summed E-state index contributed by atoms with van der Waals surface area (Å²) in [6.45, 7) is 8.06. The molecule has 0 atom stereocenters. The minimum Gasteiger partial charge on any atom is -0.462 e. The van der Waals surface area contributed by atoms with E-state index in [2.05, 4.69) is 17.0 Å². The Hall–Kier alpha value is -2.41. The van der Waals surface area contributed by atoms with Crippen molar-refractivity contribution in [3.63, 3.8) is 0 Å². The molecule has 3 rings (SSSR count). The predicted octanol–water partition coefficient (Wildman–Crippen LogP) is 4.67. The van der Waals surface area contributed by atoms with E-state index in [1.54, 1.807) is 30.2 Å². The van der Waals surface area contributed by atoms with E-state index in [0.29, 0.717) is 22.6 Å². The van der Waals surface area contributed by atoms with Crippen LogP contribution in [0.1, 0.15) is 63.7 Å². The standard InChI is InChI=1S/C22H29ClN4O3/c1-5-30-22(29)18-13-26(19-11-10-17(23)12-24-19)25-20(18)27(14(2)3)21(28)16-8-6-15(4)7-9-16/h10-16H,5-9H2,1-4H3/t15-,16-. The topological polar surface area (TPSA) is 77.3 Å². The fraction of sp³-hybridized carbons (Fsp3) is 0.545. The van der Waals surface area contributed by atoms with E-state index in [-0.39, 0.29) is 30.0 Å². The molecule has 0 aromatic carbocycles. The highest BCUT2D eigenvalue weighted by Gasteiger charge is 2.34. The van der Waals surface area contributed by atoms with Crippen LogP contribution in [0.3, 0.4) is 0 Å². The van der Waals surface area contributed by atoms with E-state index in [0.717, 1.165) is 25.7 Å². The normalized spacial score (nSPS) is 19.0. The first-order valence-corrected chi connectivity index (χ1v) is 10.9. The summed E-state index contributed by atoms with van der Waals surface area (Å²) < 4.78 is 6.72. The van der Waals surface area contributed by atoms with Crippen LogP contribution >= 0.6 is 11.6 Å². The van der Waals surface area contributed by atoms with E-state index < -0.39 is 5.97 Å². The van der Waals surface area contributed by atoms with Gasteiger partial charge in [0.25, 0.3) is 0 Å². The first-order valence-electron chi connectivity index (χ1n) is 10.5. The summed E-state index contributed by atoms with van der Waals surface area (Å²) in [5.41, 5.74) is 0.250. The van der Waals surface area contributed by atoms with Crippen molar-refractivity contribution in [1.29, 1.82) is 0 Å². The molecule has 0 aliphatic heterocycles. The highest BCUT2D eigenvalue weighted by atomic mass is 35.5. The van der Waals surface area contributed by atoms with E-state index in [1.807, 2.05) is 13.8 Å². The van der Waals surface area contributed by atoms with Crippen LogP contribution in [0, 0.1) is 11.8 Å². The summed E-state index contributed by atoms with van der Waals surface area (Å²) in [5, 5.41) is 5.08. The molecule has 162 valence electrons. The van der Waals surface area contributed by atoms with Crippen LogP contribution in [-0.2, 0) is 9.53 Å². The molecule has 1 fully saturated rings. The number of pyridine rings is 1. The van der Waals surface area contributed by atoms with Gasteiger partial charge >= 0.3 is 5.97 Å². The van der Waals surface area contributed by atoms with Gasteiger partial charge in [-0.05, 0) is 64.5 Å². The highest BCUT2D eigenvalue weighted by Crippen LogP contribution is 2.32. The zero-order valence-electron chi connectivity index (χ0n) is 18.0. The molecular formula is C22H29ClN4O3. The number of anilines is 1. The molecule has 30 heavy (non-hydrogen) atoms. The Balaban J connectivity index is 2.01. The van der Waals surface area contributed by atoms with Crippen LogP contribution in [0.15, 0.2) is 24.5 Å². The number of carbonyl (C=O) groups is 2. The van der Waals surface area contributed by atoms with E-state index in [9.17, 15) is 9.59 Å². The molecule has 2 aromatic rings. The number of aromatic nitrogens is 3. The molecule has 2 heterocycles. The van der Waals surface area contributed by atoms with Crippen LogP contribution in [0.2, 0.25) is 5.02 Å². The van der Waals surface area contributed by atoms with Crippen LogP contribution in [0.4, 0.5) is 5.82 Å². The molecule has 1 saturated carbocycles. The molecule has 2 aromatic heterocycles. The monoisotopic (exact) mass is 432 g/mol. The summed E-state index contributed by atoms with van der Waals surface area (Å²) in [5.74, 6) is 0.896. The highest BCUT2D eigenvalue weighted by molar-refractivity contribution is 6.30. The van der Waals surface area contributed by atoms with Crippen molar-refractivity contribution < 1.29 is 14.3 Å². The number of hydrogen-bond donors (Lipinski definition) is 0. The summed E-state index contributed by atoms with van der Waals surface area (Å²) in [7, 11) is 0. The number of amides is 1. The van der Waals surface area contributed by atoms with Crippen LogP contribution < -0.4 is 4.90 Å². The molecule has 1 aliphatic rings. The minimum atomic E-state index is -0.511. The van der Waals surface area contributed by atoms with Crippen LogP contribution in [-0.4, -0.2) is 39.3 Å². The Morgan fingerprint density at radius 2 is 1.97 bits per heavy atom. The third kappa shape index (κ3) is 4.83. The van der Waals surface area contributed by atoms with Gasteiger partial charge in [0.2, 0.25) is 5.91 Å². The molecule has 7 nitrogen and oxygen atoms in total. The van der Waals surface area contributed by atoms with Gasteiger partial charge in [-0.2, -0.15) is 0 Å². The summed E-state index contributed by atoms with van der Waals surface area (Å²) in [6.07, 6.45) is 6.87. The van der Waals surface area contributed by atoms with Gasteiger partial charge in [-0.1, -0.05) is 18.5 Å². The summed E-state index contributed by atoms with van der Waals surface area (Å²) in [6, 6.07) is 3.24. The SMILES string of the molecule is CCOC(=O)c1cn(-c2ccc(Cl)cn2)nc1N(C(=O)[C@H]1CC[C@H](C)CC1)C(C)C. The second-order valence-corrected chi connectivity index (χ2v) is 8.56. The number of halogens is 1. The number of rotatable bonds is 6. The Morgan fingerprint density at radius 3 is 2.53 bits per heavy atom. The Labute approximate surface area is 182 Å². The number of carbonyl (C=O) groups excluding carboxylic acids is 2. The van der Waals surface area contributed by atoms with Crippen molar-refractivity contribution in [3.8, 4) is 5.82 Å². The molecule has 0 saturated heterocycles. The first-order chi connectivity index (χ1) is 14.3. The van der Waals surface area contributed by atoms with Gasteiger partial charge in [0.05, 0.1) is 11.6 Å². The average molecular weight is 433 g/mol. The molecule has 1 aliphatic carbocycles. The maximum absolute atomic E-state index is 13.5. The second kappa shape index (κ2) is 9.60. The van der Waals surface area contributed by atoms with Crippen molar-refractivity contribution in [2.75, 3.05) is 11.5 Å². The molecule has 1 amide bonds. The van der Waals surface area contributed by atoms with Crippen molar-refractivity contribution in [3.05, 3.63) is 35.1 Å². The van der Waals surface area contributed by atoms with E-state index in [4.69, 9.17) is 16.3 Å². The Kier molecular flexibility index (Phi) is 7.13. The molecule has 8 heteroatoms. The molecule has 0 N–H and O–H groups in total. The summed E-state index contributed by atoms with van der Waals surface area (Å²) in [4.78, 5) is 32.0. The second-order valence-electron chi connectivity index (χ2n) is 8.12. The van der Waals surface area contributed by atoms with E-state index in [1.165, 1.54) is 10.9 Å². The Morgan fingerprint density at radius 1 is 1.27 bits per heavy atom. The minimum absolute atomic E-state index is 0.0109. The van der Waals surface area contributed by atoms with Crippen LogP contribution in [0.25, 0.3) is 5.82 Å². The van der Waals surface area contributed by atoms with Gasteiger partial charge in [0.1, 0.15) is 5.56 Å². The van der Waals surface area contributed by atoms with E-state index >= 15 is 0 Å². The first kappa shape index (κ1) is 22.3. The van der Waals surface area contributed by atoms with Crippen molar-refractivity contribution >= 4 is 29.3 Å². The molecule has 0 radical (unpaired) electrons. The lowest BCUT2D eigenvalue weighted by Crippen LogP contribution is -2.43. The largest absolute Gasteiger partial charge is 0.462 e. The fourth-order valence-electron chi connectivity index (χ4n) is 3.82. The third-order valence-corrected chi connectivity index (χ3v) is 5.71. The lowest BCUT2D eigenvalue weighted by atomic mass is 9.82. The van der Waals surface area contributed by atoms with Crippen LogP contribution in [0.5, 0.6) is 0 Å². The van der Waals surface area contributed by atoms with Crippen molar-refractivity contribution in [1.82, 2.24) is 14.8 Å². The van der Waals surface area contributed by atoms with Crippen molar-refractivity contribution in [2.24, 2.45) is 11.8 Å². The maximum Gasteiger partial charge on any atom is 0.343 e. The molecule has 0 unspecified atom stereocenters. The predicted molar refractivity (Wildman–Crippen MR) is 116 cm³/mol. The number of hydrogen-bond acceptors (Lipinski definition) is 5. The molecule has 0 spiro atoms. The smallest absolute Gasteiger partial charge is 0.343 e. The number of ether oxygens (including phenoxy) is 1. The lowest BCUT2D eigenvalue weighted by molar-refractivity contribution is -0.123. The number of esters is 1. The van der Waals surface area contributed by atoms with Crippen molar-refractivity contribution in [2.45, 2.75) is 59.4 Å². The van der Waals surface area contributed by atoms with Gasteiger partial charge < -0.3 is 4.74 Å². The zero-order valence-corrected chi connectivity index (χ0v) is 18.7. The van der Waals surface area contributed by atoms with Gasteiger partial charge in [-0.3, -0.25) is 9.69 Å². The third-order valence-electron chi connectivity index (χ3n) is 5.48. The van der Waals surface area contributed by atoms with Gasteiger partial charge in [-0.15, -0.1) is 5.10 Å². The average Bonchev–Trinajstić information content (AvgIpc) is 3.14. The quantitative estimate of drug-likeness (QED) is 0.620.